The third kappa shape index (κ3) is 2.74. The predicted octanol–water partition coefficient (Wildman–Crippen LogP) is 1.91. The number of nitrogens with one attached hydrogen (secondary N) is 1. The van der Waals surface area contributed by atoms with Crippen molar-refractivity contribution in [3.05, 3.63) is 23.4 Å². The number of hydrogen-bond acceptors (Lipinski definition) is 3. The van der Waals surface area contributed by atoms with Crippen molar-refractivity contribution in [2.45, 2.75) is 26.3 Å². The Kier molecular flexibility index (Phi) is 3.90. The number of anilines is 1. The number of hydrogen-bond donors (Lipinski definition) is 2. The fourth-order valence-corrected chi connectivity index (χ4v) is 1.40. The summed E-state index contributed by atoms with van der Waals surface area (Å²) in [5.74, 6) is 1.90. The van der Waals surface area contributed by atoms with Crippen LogP contribution in [0.3, 0.4) is 0 Å². The summed E-state index contributed by atoms with van der Waals surface area (Å²) >= 11 is 0. The van der Waals surface area contributed by atoms with E-state index < -0.39 is 5.97 Å². The minimum atomic E-state index is -0.985. The summed E-state index contributed by atoms with van der Waals surface area (Å²) < 4.78 is 0. The maximum absolute atomic E-state index is 11.1. The van der Waals surface area contributed by atoms with E-state index in [4.69, 9.17) is 11.5 Å². The lowest BCUT2D eigenvalue weighted by atomic mass is 10.1. The number of aromatic nitrogens is 1. The minimum Gasteiger partial charge on any atom is -0.478 e. The van der Waals surface area contributed by atoms with Gasteiger partial charge in [-0.2, -0.15) is 0 Å². The van der Waals surface area contributed by atoms with Crippen LogP contribution in [0.15, 0.2) is 12.3 Å². The molecule has 0 bridgehead atoms. The van der Waals surface area contributed by atoms with Crippen molar-refractivity contribution in [2.24, 2.45) is 0 Å². The zero-order valence-corrected chi connectivity index (χ0v) is 9.32. The molecule has 16 heavy (non-hydrogen) atoms. The highest BCUT2D eigenvalue weighted by Gasteiger charge is 2.15. The highest BCUT2D eigenvalue weighted by atomic mass is 16.4. The smallest absolute Gasteiger partial charge is 0.339 e. The molecule has 4 nitrogen and oxygen atoms in total. The molecule has 2 N–H and O–H groups in total. The van der Waals surface area contributed by atoms with Crippen molar-refractivity contribution >= 4 is 11.8 Å². The van der Waals surface area contributed by atoms with E-state index in [1.54, 1.807) is 19.2 Å². The van der Waals surface area contributed by atoms with Crippen LogP contribution in [0.2, 0.25) is 0 Å². The molecule has 0 aliphatic carbocycles. The standard InChI is InChI=1S/C12H14N2O2/c1-4-5-9(3)14-11-10(12(15)16)8(2)6-7-13-11/h1,6-7,9H,5H2,2-3H3,(H,13,14)(H,15,16). The van der Waals surface area contributed by atoms with Crippen molar-refractivity contribution in [3.8, 4) is 12.3 Å². The Morgan fingerprint density at radius 2 is 2.44 bits per heavy atom. The number of carbonyl (C=O) groups is 1. The SMILES string of the molecule is C#CCC(C)Nc1nccc(C)c1C(=O)O. The molecule has 0 spiro atoms. The largest absolute Gasteiger partial charge is 0.478 e. The van der Waals surface area contributed by atoms with E-state index in [-0.39, 0.29) is 11.6 Å². The molecule has 1 aromatic rings. The van der Waals surface area contributed by atoms with Crippen molar-refractivity contribution < 1.29 is 9.90 Å². The molecule has 0 aromatic carbocycles. The molecule has 1 rings (SSSR count). The maximum atomic E-state index is 11.1. The van der Waals surface area contributed by atoms with Gasteiger partial charge in [0.15, 0.2) is 0 Å². The molecule has 0 aliphatic rings. The van der Waals surface area contributed by atoms with E-state index in [1.807, 2.05) is 6.92 Å². The molecule has 84 valence electrons. The van der Waals surface area contributed by atoms with E-state index in [1.165, 1.54) is 0 Å². The molecule has 0 aliphatic heterocycles. The van der Waals surface area contributed by atoms with Gasteiger partial charge in [0.05, 0.1) is 0 Å². The molecule has 4 heteroatoms. The molecule has 1 unspecified atom stereocenters. The van der Waals surface area contributed by atoms with Gasteiger partial charge in [0, 0.05) is 18.7 Å². The summed E-state index contributed by atoms with van der Waals surface area (Å²) in [4.78, 5) is 15.1. The van der Waals surface area contributed by atoms with E-state index >= 15 is 0 Å². The molecule has 1 aromatic heterocycles. The number of aryl methyl sites for hydroxylation is 1. The Morgan fingerprint density at radius 1 is 1.75 bits per heavy atom. The van der Waals surface area contributed by atoms with Gasteiger partial charge in [-0.1, -0.05) is 0 Å². The van der Waals surface area contributed by atoms with E-state index in [2.05, 4.69) is 16.2 Å². The van der Waals surface area contributed by atoms with Crippen molar-refractivity contribution in [1.29, 1.82) is 0 Å². The number of pyridine rings is 1. The van der Waals surface area contributed by atoms with Crippen LogP contribution in [0.25, 0.3) is 0 Å². The van der Waals surface area contributed by atoms with E-state index in [0.29, 0.717) is 17.8 Å². The molecule has 0 fully saturated rings. The Balaban J connectivity index is 3.00. The zero-order chi connectivity index (χ0) is 12.1. The molecule has 1 atom stereocenters. The molecule has 0 amide bonds. The summed E-state index contributed by atoms with van der Waals surface area (Å²) in [6.45, 7) is 3.62. The first-order valence-corrected chi connectivity index (χ1v) is 4.95. The fraction of sp³-hybridized carbons (Fsp3) is 0.333. The van der Waals surface area contributed by atoms with Gasteiger partial charge in [-0.15, -0.1) is 12.3 Å². The van der Waals surface area contributed by atoms with Crippen LogP contribution < -0.4 is 5.32 Å². The average Bonchev–Trinajstić information content (AvgIpc) is 2.17. The third-order valence-corrected chi connectivity index (χ3v) is 2.18. The van der Waals surface area contributed by atoms with Gasteiger partial charge in [0.25, 0.3) is 0 Å². The number of terminal acetylenes is 1. The lowest BCUT2D eigenvalue weighted by Gasteiger charge is -2.14. The molecule has 0 radical (unpaired) electrons. The highest BCUT2D eigenvalue weighted by molar-refractivity contribution is 5.94. The number of rotatable bonds is 4. The number of carboxylic acid groups (broad SMARTS) is 1. The Hall–Kier alpha value is -2.02. The molecular formula is C12H14N2O2. The lowest BCUT2D eigenvalue weighted by Crippen LogP contribution is -2.18. The predicted molar refractivity (Wildman–Crippen MR) is 62.5 cm³/mol. The van der Waals surface area contributed by atoms with Crippen molar-refractivity contribution in [1.82, 2.24) is 4.98 Å². The first kappa shape index (κ1) is 12.1. The van der Waals surface area contributed by atoms with Crippen LogP contribution in [0.5, 0.6) is 0 Å². The van der Waals surface area contributed by atoms with Crippen LogP contribution in [-0.2, 0) is 0 Å². The minimum absolute atomic E-state index is 0.00241. The Labute approximate surface area is 94.7 Å². The third-order valence-electron chi connectivity index (χ3n) is 2.18. The molecule has 0 saturated carbocycles. The summed E-state index contributed by atoms with van der Waals surface area (Å²) in [6.07, 6.45) is 7.28. The van der Waals surface area contributed by atoms with Gasteiger partial charge >= 0.3 is 5.97 Å². The highest BCUT2D eigenvalue weighted by Crippen LogP contribution is 2.17. The topological polar surface area (TPSA) is 62.2 Å². The summed E-state index contributed by atoms with van der Waals surface area (Å²) in [6, 6.07) is 1.66. The van der Waals surface area contributed by atoms with Gasteiger partial charge in [-0.3, -0.25) is 0 Å². The summed E-state index contributed by atoms with van der Waals surface area (Å²) in [5, 5.41) is 12.1. The Bertz CT molecular complexity index is 435. The quantitative estimate of drug-likeness (QED) is 0.758. The second-order valence-electron chi connectivity index (χ2n) is 3.61. The second kappa shape index (κ2) is 5.17. The van der Waals surface area contributed by atoms with Crippen molar-refractivity contribution in [2.75, 3.05) is 5.32 Å². The first-order chi connectivity index (χ1) is 7.56. The maximum Gasteiger partial charge on any atom is 0.339 e. The van der Waals surface area contributed by atoms with Crippen LogP contribution in [-0.4, -0.2) is 22.1 Å². The molecule has 1 heterocycles. The number of carboxylic acids is 1. The molecule has 0 saturated heterocycles. The van der Waals surface area contributed by atoms with Crippen molar-refractivity contribution in [3.63, 3.8) is 0 Å². The lowest BCUT2D eigenvalue weighted by molar-refractivity contribution is 0.0697. The summed E-state index contributed by atoms with van der Waals surface area (Å²) in [7, 11) is 0. The summed E-state index contributed by atoms with van der Waals surface area (Å²) in [5.41, 5.74) is 0.879. The number of nitrogens with zero attached hydrogens (tertiary/aromatic N) is 1. The monoisotopic (exact) mass is 218 g/mol. The van der Waals surface area contributed by atoms with Crippen LogP contribution >= 0.6 is 0 Å². The van der Waals surface area contributed by atoms with Gasteiger partial charge in [-0.25, -0.2) is 9.78 Å². The van der Waals surface area contributed by atoms with Gasteiger partial charge in [0.2, 0.25) is 0 Å². The van der Waals surface area contributed by atoms with Gasteiger partial charge < -0.3 is 10.4 Å². The van der Waals surface area contributed by atoms with Crippen LogP contribution in [0.4, 0.5) is 5.82 Å². The Morgan fingerprint density at radius 3 is 3.00 bits per heavy atom. The van der Waals surface area contributed by atoms with E-state index in [9.17, 15) is 4.79 Å². The van der Waals surface area contributed by atoms with Crippen LogP contribution in [0, 0.1) is 19.3 Å². The van der Waals surface area contributed by atoms with E-state index in [0.717, 1.165) is 0 Å². The van der Waals surface area contributed by atoms with Gasteiger partial charge in [0.1, 0.15) is 11.4 Å². The number of aromatic carboxylic acids is 1. The second-order valence-corrected chi connectivity index (χ2v) is 3.61. The first-order valence-electron chi connectivity index (χ1n) is 4.95. The molecular weight excluding hydrogens is 204 g/mol. The average molecular weight is 218 g/mol. The van der Waals surface area contributed by atoms with Gasteiger partial charge in [-0.05, 0) is 25.5 Å². The van der Waals surface area contributed by atoms with Crippen LogP contribution in [0.1, 0.15) is 29.3 Å². The fourth-order valence-electron chi connectivity index (χ4n) is 1.40. The normalized spacial score (nSPS) is 11.6. The zero-order valence-electron chi connectivity index (χ0n) is 9.32.